The van der Waals surface area contributed by atoms with Gasteiger partial charge < -0.3 is 36.1 Å². The summed E-state index contributed by atoms with van der Waals surface area (Å²) in [5.74, 6) is 7.06. The Morgan fingerprint density at radius 3 is 2.61 bits per heavy atom. The monoisotopic (exact) mass is 559 g/mol. The molecule has 0 fully saturated rings. The number of amides is 1. The maximum atomic E-state index is 11.8. The van der Waals surface area contributed by atoms with Crippen LogP contribution >= 0.6 is 0 Å². The zero-order valence-corrected chi connectivity index (χ0v) is 27.7. The zero-order chi connectivity index (χ0) is 28.2. The first-order valence-electron chi connectivity index (χ1n) is 13.2. The number of hydrogen-bond donors (Lipinski definition) is 3. The van der Waals surface area contributed by atoms with Gasteiger partial charge in [0.25, 0.3) is 0 Å². The molecule has 1 amide bonds. The number of aliphatic hydroxyl groups excluding tert-OH is 1. The van der Waals surface area contributed by atoms with E-state index in [9.17, 15) is 4.79 Å². The van der Waals surface area contributed by atoms with Crippen molar-refractivity contribution in [3.05, 3.63) is 47.7 Å². The van der Waals surface area contributed by atoms with Crippen molar-refractivity contribution in [1.82, 2.24) is 5.32 Å². The van der Waals surface area contributed by atoms with E-state index >= 15 is 0 Å². The molecule has 2 atom stereocenters. The molecule has 0 radical (unpaired) electrons. The minimum absolute atomic E-state index is 0. The molecule has 0 heterocycles. The smallest absolute Gasteiger partial charge is 0.677 e. The van der Waals surface area contributed by atoms with Gasteiger partial charge in [-0.2, -0.15) is 6.54 Å². The molecule has 0 saturated carbocycles. The Hall–Kier alpha value is -0.774. The average Bonchev–Trinajstić information content (AvgIpc) is 2.94. The van der Waals surface area contributed by atoms with Gasteiger partial charge in [-0.25, -0.2) is 0 Å². The van der Waals surface area contributed by atoms with E-state index in [0.717, 1.165) is 50.5 Å². The molecule has 212 valence electrons. The quantitative estimate of drug-likeness (QED) is 0.0873. The van der Waals surface area contributed by atoms with Crippen LogP contribution in [0.25, 0.3) is 5.73 Å². The maximum absolute atomic E-state index is 11.8. The number of nitrogens with two attached hydrogens (primary N) is 1. The number of aryl methyl sites for hydroxylation is 1. The number of hydrogen-bond acceptors (Lipinski definition) is 6. The standard InChI is InChI=1S/C26H40N3O4.C2H6.CH4O.K/c1-3-5-6-10-22(4-2)13-9-16-29-26(30)21-31-17-18-32-25(28)20-33-24-14-7-11-23(19-24)12-8-15-27;2*1-2;/h5-7,11,14,19,22,25,27H,3-4,8,10,12,15-18,20-21,28H2,1-2H3,(H,29,30);1-2H3;2H,1H3;/q-1;;;+1/b6-5-;;;. The molecule has 1 rings (SSSR count). The van der Waals surface area contributed by atoms with Gasteiger partial charge >= 0.3 is 51.4 Å². The zero-order valence-electron chi connectivity index (χ0n) is 24.6. The average molecular weight is 560 g/mol. The second-order valence-electron chi connectivity index (χ2n) is 7.59. The van der Waals surface area contributed by atoms with E-state index in [2.05, 4.69) is 43.2 Å². The Morgan fingerprint density at radius 2 is 1.95 bits per heavy atom. The summed E-state index contributed by atoms with van der Waals surface area (Å²) < 4.78 is 16.5. The van der Waals surface area contributed by atoms with Crippen molar-refractivity contribution in [3.8, 4) is 17.6 Å². The molecule has 9 heteroatoms. The fourth-order valence-corrected chi connectivity index (χ4v) is 2.88. The van der Waals surface area contributed by atoms with Crippen LogP contribution in [-0.2, 0) is 20.7 Å². The van der Waals surface area contributed by atoms with Gasteiger partial charge in [-0.15, -0.1) is 0 Å². The van der Waals surface area contributed by atoms with Crippen LogP contribution in [0.5, 0.6) is 5.75 Å². The predicted molar refractivity (Wildman–Crippen MR) is 152 cm³/mol. The minimum Gasteiger partial charge on any atom is -0.677 e. The van der Waals surface area contributed by atoms with Crippen molar-refractivity contribution in [1.29, 1.82) is 0 Å². The van der Waals surface area contributed by atoms with E-state index < -0.39 is 6.23 Å². The molecule has 1 aromatic rings. The molecule has 8 nitrogen and oxygen atoms in total. The van der Waals surface area contributed by atoms with Crippen molar-refractivity contribution in [2.45, 2.75) is 66.0 Å². The number of ether oxygens (including phenoxy) is 3. The van der Waals surface area contributed by atoms with Gasteiger partial charge in [0.15, 0.2) is 0 Å². The summed E-state index contributed by atoms with van der Waals surface area (Å²) in [5, 5.41) is 9.73. The van der Waals surface area contributed by atoms with E-state index in [4.69, 9.17) is 30.8 Å². The largest absolute Gasteiger partial charge is 1.00 e. The third kappa shape index (κ3) is 25.5. The van der Waals surface area contributed by atoms with Gasteiger partial charge in [0.2, 0.25) is 5.91 Å². The van der Waals surface area contributed by atoms with E-state index in [1.807, 2.05) is 38.1 Å². The van der Waals surface area contributed by atoms with Crippen LogP contribution in [0.2, 0.25) is 0 Å². The Balaban J connectivity index is -0.00000233. The van der Waals surface area contributed by atoms with Gasteiger partial charge in [0, 0.05) is 13.0 Å². The number of rotatable bonds is 17. The van der Waals surface area contributed by atoms with E-state index in [-0.39, 0.29) is 83.7 Å². The number of nitrogens with one attached hydrogen (secondary N) is 2. The van der Waals surface area contributed by atoms with Crippen molar-refractivity contribution in [2.24, 2.45) is 11.7 Å². The number of benzene rings is 1. The summed E-state index contributed by atoms with van der Waals surface area (Å²) in [7, 11) is 1.00. The summed E-state index contributed by atoms with van der Waals surface area (Å²) in [6, 6.07) is 7.78. The summed E-state index contributed by atoms with van der Waals surface area (Å²) in [5.41, 5.74) is 14.3. The molecule has 0 bridgehead atoms. The second-order valence-corrected chi connectivity index (χ2v) is 7.59. The molecule has 0 aliphatic heterocycles. The first kappa shape index (κ1) is 41.7. The molecule has 0 aliphatic rings. The first-order chi connectivity index (χ1) is 18.1. The molecular weight excluding hydrogens is 509 g/mol. The summed E-state index contributed by atoms with van der Waals surface area (Å²) >= 11 is 0. The molecule has 38 heavy (non-hydrogen) atoms. The van der Waals surface area contributed by atoms with Gasteiger partial charge in [-0.1, -0.05) is 70.2 Å². The van der Waals surface area contributed by atoms with Crippen molar-refractivity contribution >= 4 is 5.91 Å². The SMILES string of the molecule is CC.CC/C=C\CC(C#CCNC(=O)COCCOC(N)COc1cccc(CCC[NH-])c1)CC.CO.[K+]. The third-order valence-electron chi connectivity index (χ3n) is 4.74. The number of carbonyl (C=O) groups is 1. The van der Waals surface area contributed by atoms with Crippen LogP contribution in [-0.4, -0.2) is 63.9 Å². The minimum atomic E-state index is -0.590. The van der Waals surface area contributed by atoms with Crippen LogP contribution in [0, 0.1) is 17.8 Å². The molecule has 1 aromatic carbocycles. The molecule has 0 aliphatic carbocycles. The Labute approximate surface area is 274 Å². The first-order valence-corrected chi connectivity index (χ1v) is 13.2. The van der Waals surface area contributed by atoms with Gasteiger partial charge in [0.1, 0.15) is 25.2 Å². The molecule has 2 unspecified atom stereocenters. The van der Waals surface area contributed by atoms with Crippen molar-refractivity contribution < 1.29 is 75.5 Å². The van der Waals surface area contributed by atoms with Crippen LogP contribution in [0.4, 0.5) is 0 Å². The Bertz CT molecular complexity index is 753. The molecule has 0 saturated heterocycles. The number of allylic oxidation sites excluding steroid dienone is 2. The Morgan fingerprint density at radius 1 is 1.21 bits per heavy atom. The molecule has 0 aromatic heterocycles. The van der Waals surface area contributed by atoms with Crippen molar-refractivity contribution in [3.63, 3.8) is 0 Å². The predicted octanol–water partition coefficient (Wildman–Crippen LogP) is 1.51. The summed E-state index contributed by atoms with van der Waals surface area (Å²) in [4.78, 5) is 11.8. The second kappa shape index (κ2) is 32.4. The Kier molecular flexibility index (Phi) is 35.6. The van der Waals surface area contributed by atoms with Gasteiger partial charge in [-0.3, -0.25) is 4.79 Å². The van der Waals surface area contributed by atoms with Crippen LogP contribution in [0.1, 0.15) is 58.9 Å². The molecule has 5 N–H and O–H groups in total. The van der Waals surface area contributed by atoms with E-state index in [1.165, 1.54) is 0 Å². The third-order valence-corrected chi connectivity index (χ3v) is 4.74. The van der Waals surface area contributed by atoms with Crippen LogP contribution < -0.4 is 67.2 Å². The fourth-order valence-electron chi connectivity index (χ4n) is 2.88. The topological polar surface area (TPSA) is 127 Å². The normalized spacial score (nSPS) is 11.4. The van der Waals surface area contributed by atoms with Crippen LogP contribution in [0.3, 0.4) is 0 Å². The fraction of sp³-hybridized carbons (Fsp3) is 0.621. The summed E-state index contributed by atoms with van der Waals surface area (Å²) in [6.07, 6.45) is 8.38. The number of carbonyl (C=O) groups excluding carboxylic acids is 1. The summed E-state index contributed by atoms with van der Waals surface area (Å²) in [6.45, 7) is 9.66. The maximum Gasteiger partial charge on any atom is 1.00 e. The van der Waals surface area contributed by atoms with Gasteiger partial charge in [-0.05, 0) is 43.4 Å². The van der Waals surface area contributed by atoms with Crippen molar-refractivity contribution in [2.75, 3.05) is 46.6 Å². The van der Waals surface area contributed by atoms with E-state index in [0.29, 0.717) is 19.0 Å². The number of aliphatic hydroxyl groups is 1. The molecule has 0 spiro atoms. The molecular formula is C29H50KN3O5. The van der Waals surface area contributed by atoms with Gasteiger partial charge in [0.05, 0.1) is 19.8 Å². The van der Waals surface area contributed by atoms with Crippen LogP contribution in [0.15, 0.2) is 36.4 Å². The van der Waals surface area contributed by atoms with E-state index in [1.54, 1.807) is 0 Å².